The van der Waals surface area contributed by atoms with Crippen molar-refractivity contribution < 1.29 is 53.1 Å². The maximum Gasteiger partial charge on any atom is 0.351 e. The monoisotopic (exact) mass is 477 g/mol. The number of carbonyl (C=O) groups is 2. The van der Waals surface area contributed by atoms with Gasteiger partial charge in [0.05, 0.1) is 6.61 Å². The molecule has 0 radical (unpaired) electrons. The van der Waals surface area contributed by atoms with Crippen LogP contribution in [-0.4, -0.2) is 104 Å². The number of rotatable bonds is 13. The van der Waals surface area contributed by atoms with Crippen LogP contribution in [-0.2, 0) is 42.7 Å². The molecular weight excluding hydrogens is 450 g/mol. The molecule has 1 aromatic heterocycles. The highest BCUT2D eigenvalue weighted by molar-refractivity contribution is 5.71. The predicted molar refractivity (Wildman–Crippen MR) is 105 cm³/mol. The van der Waals surface area contributed by atoms with Gasteiger partial charge in [0, 0.05) is 27.5 Å². The van der Waals surface area contributed by atoms with Gasteiger partial charge in [0.1, 0.15) is 32.0 Å². The van der Waals surface area contributed by atoms with Crippen LogP contribution in [0.4, 0.5) is 5.82 Å². The number of aliphatic hydroxyl groups excluding tert-OH is 1. The van der Waals surface area contributed by atoms with Gasteiger partial charge in [-0.1, -0.05) is 0 Å². The Labute approximate surface area is 188 Å². The molecule has 0 aromatic carbocycles. The maximum atomic E-state index is 12.5. The quantitative estimate of drug-likeness (QED) is 0.161. The van der Waals surface area contributed by atoms with E-state index in [1.165, 1.54) is 33.6 Å². The Morgan fingerprint density at radius 3 is 2.48 bits per heavy atom. The number of hydrogen-bond acceptors (Lipinski definition) is 14. The van der Waals surface area contributed by atoms with Crippen LogP contribution in [0.1, 0.15) is 6.23 Å². The number of hydrogen-bond donors (Lipinski definition) is 3. The fraction of sp³-hybridized carbons (Fsp3) is 0.667. The van der Waals surface area contributed by atoms with Gasteiger partial charge in [0.2, 0.25) is 0 Å². The first-order chi connectivity index (χ1) is 15.8. The number of aliphatic hydroxyl groups is 1. The molecule has 186 valence electrons. The minimum atomic E-state index is -1.46. The van der Waals surface area contributed by atoms with Crippen molar-refractivity contribution in [2.45, 2.75) is 30.8 Å². The number of ether oxygens (including phenoxy) is 7. The largest absolute Gasteiger partial charge is 0.461 e. The second-order valence-corrected chi connectivity index (χ2v) is 6.69. The normalized spacial score (nSPS) is 23.2. The summed E-state index contributed by atoms with van der Waals surface area (Å²) in [5.74, 6) is -1.64. The van der Waals surface area contributed by atoms with Crippen LogP contribution in [0, 0.1) is 0 Å². The second-order valence-electron chi connectivity index (χ2n) is 6.69. The fourth-order valence-electron chi connectivity index (χ4n) is 3.03. The average Bonchev–Trinajstić information content (AvgIpc) is 3.09. The topological polar surface area (TPSA) is 186 Å². The molecule has 0 aliphatic carbocycles. The van der Waals surface area contributed by atoms with Gasteiger partial charge in [-0.3, -0.25) is 15.3 Å². The molecule has 1 fully saturated rings. The van der Waals surface area contributed by atoms with E-state index in [4.69, 9.17) is 38.4 Å². The van der Waals surface area contributed by atoms with Gasteiger partial charge in [0.25, 0.3) is 0 Å². The van der Waals surface area contributed by atoms with E-state index in [1.54, 1.807) is 5.48 Å². The zero-order valence-corrected chi connectivity index (χ0v) is 18.2. The second kappa shape index (κ2) is 13.1. The van der Waals surface area contributed by atoms with Crippen LogP contribution >= 0.6 is 0 Å². The van der Waals surface area contributed by atoms with Crippen LogP contribution in [0.3, 0.4) is 0 Å². The first kappa shape index (κ1) is 26.6. The zero-order chi connectivity index (χ0) is 24.4. The third-order valence-electron chi connectivity index (χ3n) is 4.33. The highest BCUT2D eigenvalue weighted by Gasteiger charge is 2.50. The molecule has 15 heteroatoms. The molecule has 33 heavy (non-hydrogen) atoms. The molecule has 0 spiro atoms. The molecule has 1 aliphatic rings. The van der Waals surface area contributed by atoms with Crippen molar-refractivity contribution in [3.63, 3.8) is 0 Å². The van der Waals surface area contributed by atoms with Crippen molar-refractivity contribution in [2.75, 3.05) is 53.2 Å². The number of carbonyl (C=O) groups excluding carboxylic acids is 2. The van der Waals surface area contributed by atoms with E-state index >= 15 is 0 Å². The van der Waals surface area contributed by atoms with E-state index in [1.807, 2.05) is 0 Å². The summed E-state index contributed by atoms with van der Waals surface area (Å²) in [6, 6.07) is 1.26. The third kappa shape index (κ3) is 7.43. The number of anilines is 1. The van der Waals surface area contributed by atoms with Crippen molar-refractivity contribution in [3.8, 4) is 0 Å². The lowest BCUT2D eigenvalue weighted by Crippen LogP contribution is -2.44. The summed E-state index contributed by atoms with van der Waals surface area (Å²) in [6.45, 7) is -1.34. The Bertz CT molecular complexity index is 834. The highest BCUT2D eigenvalue weighted by Crippen LogP contribution is 2.34. The van der Waals surface area contributed by atoms with Crippen molar-refractivity contribution in [2.24, 2.45) is 0 Å². The molecular formula is C18H27N3O12. The van der Waals surface area contributed by atoms with Crippen molar-refractivity contribution >= 4 is 17.8 Å². The van der Waals surface area contributed by atoms with E-state index in [2.05, 4.69) is 4.98 Å². The summed E-state index contributed by atoms with van der Waals surface area (Å²) in [5.41, 5.74) is 0.879. The number of esters is 2. The summed E-state index contributed by atoms with van der Waals surface area (Å²) in [7, 11) is 3.93. The molecule has 0 bridgehead atoms. The fourth-order valence-corrected chi connectivity index (χ4v) is 3.03. The van der Waals surface area contributed by atoms with Gasteiger partial charge >= 0.3 is 17.6 Å². The molecule has 1 aromatic rings. The summed E-state index contributed by atoms with van der Waals surface area (Å²) in [6.07, 6.45) is -5.08. The number of nitrogens with one attached hydrogen (secondary N) is 1. The minimum Gasteiger partial charge on any atom is -0.461 e. The van der Waals surface area contributed by atoms with Crippen LogP contribution in [0.5, 0.6) is 0 Å². The van der Waals surface area contributed by atoms with E-state index in [9.17, 15) is 19.5 Å². The summed E-state index contributed by atoms with van der Waals surface area (Å²) < 4.78 is 37.2. The van der Waals surface area contributed by atoms with Gasteiger partial charge in [-0.25, -0.2) is 14.4 Å². The third-order valence-corrected chi connectivity index (χ3v) is 4.33. The number of aromatic nitrogens is 2. The lowest BCUT2D eigenvalue weighted by molar-refractivity contribution is -0.200. The zero-order valence-electron chi connectivity index (χ0n) is 18.2. The molecule has 0 saturated carbocycles. The van der Waals surface area contributed by atoms with Gasteiger partial charge in [-0.15, -0.1) is 0 Å². The van der Waals surface area contributed by atoms with Crippen molar-refractivity contribution in [1.29, 1.82) is 0 Å². The summed E-state index contributed by atoms with van der Waals surface area (Å²) >= 11 is 0. The van der Waals surface area contributed by atoms with Crippen LogP contribution < -0.4 is 11.2 Å². The Hall–Kier alpha value is -2.66. The Balaban J connectivity index is 2.38. The molecule has 3 N–H and O–H groups in total. The number of nitrogens with zero attached hydrogens (tertiary/aromatic N) is 2. The van der Waals surface area contributed by atoms with E-state index in [0.29, 0.717) is 0 Å². The average molecular weight is 477 g/mol. The molecule has 15 nitrogen and oxygen atoms in total. The smallest absolute Gasteiger partial charge is 0.351 e. The Morgan fingerprint density at radius 2 is 1.88 bits per heavy atom. The number of methoxy groups -OCH3 is 3. The van der Waals surface area contributed by atoms with E-state index in [0.717, 1.165) is 4.57 Å². The predicted octanol–water partition coefficient (Wildman–Crippen LogP) is -1.96. The van der Waals surface area contributed by atoms with Crippen molar-refractivity contribution in [1.82, 2.24) is 9.55 Å². The summed E-state index contributed by atoms with van der Waals surface area (Å²) in [5, 5.41) is 19.1. The molecule has 0 amide bonds. The van der Waals surface area contributed by atoms with Crippen LogP contribution in [0.25, 0.3) is 0 Å². The molecule has 1 aliphatic heterocycles. The highest BCUT2D eigenvalue weighted by atomic mass is 16.7. The van der Waals surface area contributed by atoms with E-state index < -0.39 is 55.1 Å². The molecule has 2 heterocycles. The SMILES string of the molecule is COCC(=O)OC[C@H]1O[C@@H](n2ccc(NO)nc2=O)[C@H](OC(=O)COC)[C@@H]1OC(O)COC. The lowest BCUT2D eigenvalue weighted by Gasteiger charge is -2.26. The van der Waals surface area contributed by atoms with Gasteiger partial charge in [-0.2, -0.15) is 4.98 Å². The first-order valence-corrected chi connectivity index (χ1v) is 9.64. The maximum absolute atomic E-state index is 12.5. The van der Waals surface area contributed by atoms with E-state index in [-0.39, 0.29) is 25.6 Å². The molecule has 2 rings (SSSR count). The lowest BCUT2D eigenvalue weighted by atomic mass is 10.1. The van der Waals surface area contributed by atoms with Crippen LogP contribution in [0.2, 0.25) is 0 Å². The van der Waals surface area contributed by atoms with Gasteiger partial charge in [0.15, 0.2) is 24.4 Å². The summed E-state index contributed by atoms with van der Waals surface area (Å²) in [4.78, 5) is 40.0. The van der Waals surface area contributed by atoms with Gasteiger partial charge in [-0.05, 0) is 6.07 Å². The standard InChI is InChI=1S/C18H27N3O12/c1-27-7-12(22)30-6-10-15(32-13(23)8-28-2)16(33-14(24)9-29-3)17(31-10)21-5-4-11(20-26)19-18(21)25/h4-5,10,13,15-17,23,26H,6-9H2,1-3H3,(H,19,20,25)/t10-,13?,15-,16-,17-/m1/s1. The van der Waals surface area contributed by atoms with Crippen LogP contribution in [0.15, 0.2) is 17.1 Å². The molecule has 5 atom stereocenters. The minimum absolute atomic E-state index is 0.129. The van der Waals surface area contributed by atoms with Crippen molar-refractivity contribution in [3.05, 3.63) is 22.7 Å². The molecule has 1 unspecified atom stereocenters. The Kier molecular flexibility index (Phi) is 10.6. The molecule has 1 saturated heterocycles. The van der Waals surface area contributed by atoms with Gasteiger partial charge < -0.3 is 38.3 Å². The Morgan fingerprint density at radius 1 is 1.18 bits per heavy atom. The first-order valence-electron chi connectivity index (χ1n) is 9.64.